The minimum atomic E-state index is -0.122. The van der Waals surface area contributed by atoms with Gasteiger partial charge in [-0.05, 0) is 0 Å². The van der Waals surface area contributed by atoms with E-state index in [0.717, 1.165) is 5.56 Å². The Kier molecular flexibility index (Phi) is 3.12. The van der Waals surface area contributed by atoms with Gasteiger partial charge in [-0.25, -0.2) is 15.0 Å². The minimum absolute atomic E-state index is 0.122. The van der Waals surface area contributed by atoms with E-state index in [0.29, 0.717) is 28.2 Å². The molecule has 6 nitrogen and oxygen atoms in total. The molecule has 3 heterocycles. The van der Waals surface area contributed by atoms with Crippen molar-refractivity contribution in [1.29, 1.82) is 0 Å². The molecule has 0 aliphatic carbocycles. The highest BCUT2D eigenvalue weighted by Gasteiger charge is 2.14. The highest BCUT2D eigenvalue weighted by Crippen LogP contribution is 2.25. The standard InChI is InChI=1S/C17H11N5O/c23-13-6-7-20-17-14(13)15(11-4-2-1-3-5-11)21-16(22-17)12-10-18-8-9-19-12/h1-10H,(H,20,21,22,23). The maximum atomic E-state index is 12.3. The second-order valence-electron chi connectivity index (χ2n) is 4.92. The highest BCUT2D eigenvalue weighted by atomic mass is 16.1. The van der Waals surface area contributed by atoms with Gasteiger partial charge < -0.3 is 4.98 Å². The summed E-state index contributed by atoms with van der Waals surface area (Å²) in [4.78, 5) is 32.6. The predicted octanol–water partition coefficient (Wildman–Crippen LogP) is 2.44. The van der Waals surface area contributed by atoms with Crippen molar-refractivity contribution in [3.63, 3.8) is 0 Å². The van der Waals surface area contributed by atoms with Crippen LogP contribution in [0.25, 0.3) is 33.8 Å². The molecule has 0 saturated heterocycles. The van der Waals surface area contributed by atoms with E-state index in [1.165, 1.54) is 6.07 Å². The van der Waals surface area contributed by atoms with Crippen molar-refractivity contribution in [2.24, 2.45) is 0 Å². The van der Waals surface area contributed by atoms with Gasteiger partial charge in [0, 0.05) is 30.2 Å². The van der Waals surface area contributed by atoms with E-state index in [4.69, 9.17) is 0 Å². The van der Waals surface area contributed by atoms with E-state index in [9.17, 15) is 4.79 Å². The topological polar surface area (TPSA) is 84.4 Å². The van der Waals surface area contributed by atoms with Crippen molar-refractivity contribution in [1.82, 2.24) is 24.9 Å². The molecular formula is C17H11N5O. The third-order valence-electron chi connectivity index (χ3n) is 3.45. The largest absolute Gasteiger partial charge is 0.346 e. The molecule has 0 unspecified atom stereocenters. The van der Waals surface area contributed by atoms with E-state index in [1.54, 1.807) is 24.8 Å². The lowest BCUT2D eigenvalue weighted by Crippen LogP contribution is -2.07. The summed E-state index contributed by atoms with van der Waals surface area (Å²) in [6.07, 6.45) is 6.34. The van der Waals surface area contributed by atoms with Crippen LogP contribution in [0.15, 0.2) is 66.0 Å². The normalized spacial score (nSPS) is 10.8. The zero-order valence-electron chi connectivity index (χ0n) is 12.0. The minimum Gasteiger partial charge on any atom is -0.346 e. The first-order chi connectivity index (χ1) is 11.3. The lowest BCUT2D eigenvalue weighted by atomic mass is 10.1. The molecule has 4 aromatic rings. The first-order valence-corrected chi connectivity index (χ1v) is 7.04. The van der Waals surface area contributed by atoms with Gasteiger partial charge >= 0.3 is 0 Å². The highest BCUT2D eigenvalue weighted by molar-refractivity contribution is 5.91. The van der Waals surface area contributed by atoms with E-state index in [-0.39, 0.29) is 5.43 Å². The van der Waals surface area contributed by atoms with Crippen LogP contribution in [0.5, 0.6) is 0 Å². The van der Waals surface area contributed by atoms with Crippen LogP contribution in [0.3, 0.4) is 0 Å². The maximum Gasteiger partial charge on any atom is 0.193 e. The SMILES string of the molecule is O=c1cc[nH]c2nc(-c3cnccn3)nc(-c3ccccc3)c12. The Morgan fingerprint density at radius 2 is 1.83 bits per heavy atom. The van der Waals surface area contributed by atoms with E-state index in [2.05, 4.69) is 24.9 Å². The van der Waals surface area contributed by atoms with Crippen molar-refractivity contribution >= 4 is 11.0 Å². The Labute approximate surface area is 130 Å². The van der Waals surface area contributed by atoms with Gasteiger partial charge in [0.1, 0.15) is 11.3 Å². The summed E-state index contributed by atoms with van der Waals surface area (Å²) in [5.74, 6) is 0.423. The second kappa shape index (κ2) is 5.42. The molecule has 1 aromatic carbocycles. The zero-order chi connectivity index (χ0) is 15.6. The number of rotatable bonds is 2. The molecule has 1 N–H and O–H groups in total. The van der Waals surface area contributed by atoms with Crippen molar-refractivity contribution < 1.29 is 0 Å². The Morgan fingerprint density at radius 1 is 0.957 bits per heavy atom. The number of aromatic nitrogens is 5. The number of benzene rings is 1. The van der Waals surface area contributed by atoms with Crippen LogP contribution in [0.4, 0.5) is 0 Å². The molecule has 0 fully saturated rings. The number of hydrogen-bond acceptors (Lipinski definition) is 5. The molecule has 6 heteroatoms. The van der Waals surface area contributed by atoms with Crippen molar-refractivity contribution in [3.8, 4) is 22.8 Å². The quantitative estimate of drug-likeness (QED) is 0.614. The average Bonchev–Trinajstić information content (AvgIpc) is 2.62. The van der Waals surface area contributed by atoms with Crippen LogP contribution in [-0.2, 0) is 0 Å². The summed E-state index contributed by atoms with van der Waals surface area (Å²) in [5.41, 5.74) is 2.34. The third kappa shape index (κ3) is 2.36. The zero-order valence-corrected chi connectivity index (χ0v) is 12.0. The average molecular weight is 301 g/mol. The van der Waals surface area contributed by atoms with E-state index < -0.39 is 0 Å². The fourth-order valence-electron chi connectivity index (χ4n) is 2.41. The van der Waals surface area contributed by atoms with Crippen molar-refractivity contribution in [2.45, 2.75) is 0 Å². The Bertz CT molecular complexity index is 1030. The molecule has 4 rings (SSSR count). The van der Waals surface area contributed by atoms with Gasteiger partial charge in [0.25, 0.3) is 0 Å². The molecule has 0 amide bonds. The van der Waals surface area contributed by atoms with Gasteiger partial charge in [0.05, 0.1) is 17.3 Å². The van der Waals surface area contributed by atoms with Crippen molar-refractivity contribution in [2.75, 3.05) is 0 Å². The Balaban J connectivity index is 2.08. The summed E-state index contributed by atoms with van der Waals surface area (Å²) >= 11 is 0. The summed E-state index contributed by atoms with van der Waals surface area (Å²) in [7, 11) is 0. The Morgan fingerprint density at radius 3 is 2.61 bits per heavy atom. The van der Waals surface area contributed by atoms with Crippen LogP contribution in [0.1, 0.15) is 0 Å². The second-order valence-corrected chi connectivity index (χ2v) is 4.92. The molecule has 0 spiro atoms. The first kappa shape index (κ1) is 13.3. The summed E-state index contributed by atoms with van der Waals surface area (Å²) in [5, 5.41) is 0.464. The predicted molar refractivity (Wildman–Crippen MR) is 86.6 cm³/mol. The van der Waals surface area contributed by atoms with Crippen LogP contribution >= 0.6 is 0 Å². The fraction of sp³-hybridized carbons (Fsp3) is 0. The number of H-pyrrole nitrogens is 1. The Hall–Kier alpha value is -3.41. The molecular weight excluding hydrogens is 290 g/mol. The molecule has 0 aliphatic rings. The molecule has 3 aromatic heterocycles. The van der Waals surface area contributed by atoms with Crippen LogP contribution in [-0.4, -0.2) is 24.9 Å². The number of nitrogens with one attached hydrogen (secondary N) is 1. The number of aromatic amines is 1. The summed E-state index contributed by atoms with van der Waals surface area (Å²) < 4.78 is 0. The monoisotopic (exact) mass is 301 g/mol. The lowest BCUT2D eigenvalue weighted by molar-refractivity contribution is 1.12. The molecule has 0 radical (unpaired) electrons. The van der Waals surface area contributed by atoms with Gasteiger partial charge in [0.15, 0.2) is 11.3 Å². The number of fused-ring (bicyclic) bond motifs is 1. The summed E-state index contributed by atoms with van der Waals surface area (Å²) in [6, 6.07) is 11.0. The van der Waals surface area contributed by atoms with Crippen LogP contribution in [0.2, 0.25) is 0 Å². The first-order valence-electron chi connectivity index (χ1n) is 7.04. The molecule has 0 saturated carbocycles. The molecule has 0 atom stereocenters. The number of hydrogen-bond donors (Lipinski definition) is 1. The fourth-order valence-corrected chi connectivity index (χ4v) is 2.41. The molecule has 23 heavy (non-hydrogen) atoms. The van der Waals surface area contributed by atoms with E-state index >= 15 is 0 Å². The molecule has 110 valence electrons. The third-order valence-corrected chi connectivity index (χ3v) is 3.45. The molecule has 0 bridgehead atoms. The van der Waals surface area contributed by atoms with Crippen LogP contribution in [0, 0.1) is 0 Å². The maximum absolute atomic E-state index is 12.3. The van der Waals surface area contributed by atoms with Gasteiger partial charge in [-0.15, -0.1) is 0 Å². The number of nitrogens with zero attached hydrogens (tertiary/aromatic N) is 4. The number of pyridine rings is 1. The van der Waals surface area contributed by atoms with Gasteiger partial charge in [-0.3, -0.25) is 9.78 Å². The van der Waals surface area contributed by atoms with Gasteiger partial charge in [-0.2, -0.15) is 0 Å². The summed E-state index contributed by atoms with van der Waals surface area (Å²) in [6.45, 7) is 0. The molecule has 0 aliphatic heterocycles. The van der Waals surface area contributed by atoms with Crippen LogP contribution < -0.4 is 5.43 Å². The lowest BCUT2D eigenvalue weighted by Gasteiger charge is -2.07. The van der Waals surface area contributed by atoms with E-state index in [1.807, 2.05) is 30.3 Å². The smallest absolute Gasteiger partial charge is 0.193 e. The van der Waals surface area contributed by atoms with Crippen molar-refractivity contribution in [3.05, 3.63) is 71.4 Å². The van der Waals surface area contributed by atoms with Gasteiger partial charge in [-0.1, -0.05) is 30.3 Å². The van der Waals surface area contributed by atoms with Gasteiger partial charge in [0.2, 0.25) is 0 Å².